The molecule has 2 aliphatic carbocycles. The first-order valence-electron chi connectivity index (χ1n) is 6.01. The summed E-state index contributed by atoms with van der Waals surface area (Å²) < 4.78 is 0. The molecule has 0 aromatic rings. The monoisotopic (exact) mass is 225 g/mol. The van der Waals surface area contributed by atoms with Crippen molar-refractivity contribution in [1.82, 2.24) is 0 Å². The Balaban J connectivity index is 1.95. The Kier molecular flexibility index (Phi) is 3.17. The van der Waals surface area contributed by atoms with Crippen LogP contribution >= 0.6 is 0 Å². The fourth-order valence-corrected chi connectivity index (χ4v) is 3.33. The number of hydrogen-bond acceptors (Lipinski definition) is 3. The number of aliphatic carboxylic acids is 2. The number of hydrogen-bond donors (Lipinski definition) is 1. The first-order chi connectivity index (χ1) is 7.58. The van der Waals surface area contributed by atoms with Gasteiger partial charge in [-0.25, -0.2) is 0 Å². The second kappa shape index (κ2) is 4.44. The van der Waals surface area contributed by atoms with Crippen LogP contribution in [0.4, 0.5) is 0 Å². The summed E-state index contributed by atoms with van der Waals surface area (Å²) in [5.41, 5.74) is 0. The number of carbonyl (C=O) groups is 2. The van der Waals surface area contributed by atoms with Crippen LogP contribution in [0.25, 0.3) is 0 Å². The SMILES string of the molecule is O=C([O-])C1CCC2CC(C(=O)O)CCC2C1. The number of carboxylic acid groups (broad SMARTS) is 2. The van der Waals surface area contributed by atoms with Gasteiger partial charge in [0.1, 0.15) is 0 Å². The minimum absolute atomic E-state index is 0.208. The van der Waals surface area contributed by atoms with Crippen molar-refractivity contribution in [2.75, 3.05) is 0 Å². The summed E-state index contributed by atoms with van der Waals surface area (Å²) >= 11 is 0. The molecular formula is C12H17O4-. The molecule has 0 aromatic heterocycles. The summed E-state index contributed by atoms with van der Waals surface area (Å²) in [6.07, 6.45) is 4.52. The third-order valence-electron chi connectivity index (χ3n) is 4.30. The van der Waals surface area contributed by atoms with Gasteiger partial charge in [0.05, 0.1) is 5.92 Å². The summed E-state index contributed by atoms with van der Waals surface area (Å²) in [7, 11) is 0. The van der Waals surface area contributed by atoms with Crippen LogP contribution in [0.5, 0.6) is 0 Å². The maximum atomic E-state index is 10.9. The minimum atomic E-state index is -0.932. The molecule has 2 fully saturated rings. The quantitative estimate of drug-likeness (QED) is 0.748. The number of carbonyl (C=O) groups excluding carboxylic acids is 1. The van der Waals surface area contributed by atoms with Gasteiger partial charge in [-0.2, -0.15) is 0 Å². The summed E-state index contributed by atoms with van der Waals surface area (Å²) in [6, 6.07) is 0. The van der Waals surface area contributed by atoms with E-state index in [4.69, 9.17) is 5.11 Å². The zero-order valence-corrected chi connectivity index (χ0v) is 9.22. The fraction of sp³-hybridized carbons (Fsp3) is 0.833. The number of carboxylic acids is 2. The van der Waals surface area contributed by atoms with E-state index in [9.17, 15) is 14.7 Å². The predicted octanol–water partition coefficient (Wildman–Crippen LogP) is 0.653. The van der Waals surface area contributed by atoms with Gasteiger partial charge in [-0.15, -0.1) is 0 Å². The van der Waals surface area contributed by atoms with E-state index in [1.807, 2.05) is 0 Å². The van der Waals surface area contributed by atoms with Crippen LogP contribution < -0.4 is 5.11 Å². The van der Waals surface area contributed by atoms with Gasteiger partial charge < -0.3 is 15.0 Å². The highest BCUT2D eigenvalue weighted by molar-refractivity contribution is 5.70. The third kappa shape index (κ3) is 2.20. The molecule has 2 rings (SSSR count). The molecule has 2 saturated carbocycles. The standard InChI is InChI=1S/C12H18O4/c13-11(14)9-3-1-7-5-10(12(15)16)4-2-8(7)6-9/h7-10H,1-6H2,(H,13,14)(H,15,16)/p-1. The largest absolute Gasteiger partial charge is 0.550 e. The average Bonchev–Trinajstić information content (AvgIpc) is 2.27. The molecular weight excluding hydrogens is 208 g/mol. The van der Waals surface area contributed by atoms with Crippen LogP contribution in [0, 0.1) is 23.7 Å². The molecule has 0 amide bonds. The molecule has 0 radical (unpaired) electrons. The van der Waals surface area contributed by atoms with E-state index in [1.165, 1.54) is 0 Å². The van der Waals surface area contributed by atoms with Crippen molar-refractivity contribution in [3.8, 4) is 0 Å². The smallest absolute Gasteiger partial charge is 0.306 e. The van der Waals surface area contributed by atoms with Gasteiger partial charge in [0.2, 0.25) is 0 Å². The van der Waals surface area contributed by atoms with Gasteiger partial charge in [0.15, 0.2) is 0 Å². The van der Waals surface area contributed by atoms with Crippen LogP contribution in [0.15, 0.2) is 0 Å². The second-order valence-corrected chi connectivity index (χ2v) is 5.20. The molecule has 0 aromatic carbocycles. The van der Waals surface area contributed by atoms with Crippen molar-refractivity contribution in [3.05, 3.63) is 0 Å². The van der Waals surface area contributed by atoms with E-state index in [1.54, 1.807) is 0 Å². The highest BCUT2D eigenvalue weighted by Crippen LogP contribution is 2.44. The topological polar surface area (TPSA) is 77.4 Å². The van der Waals surface area contributed by atoms with Gasteiger partial charge in [-0.3, -0.25) is 4.79 Å². The highest BCUT2D eigenvalue weighted by atomic mass is 16.4. The molecule has 0 saturated heterocycles. The minimum Gasteiger partial charge on any atom is -0.550 e. The number of rotatable bonds is 2. The van der Waals surface area contributed by atoms with Crippen LogP contribution in [0.2, 0.25) is 0 Å². The first-order valence-corrected chi connectivity index (χ1v) is 6.01. The fourth-order valence-electron chi connectivity index (χ4n) is 3.33. The van der Waals surface area contributed by atoms with Crippen LogP contribution in [0.3, 0.4) is 0 Å². The van der Waals surface area contributed by atoms with Crippen molar-refractivity contribution >= 4 is 11.9 Å². The molecule has 4 nitrogen and oxygen atoms in total. The Bertz CT molecular complexity index is 269. The summed E-state index contributed by atoms with van der Waals surface area (Å²) in [6.45, 7) is 0. The predicted molar refractivity (Wildman–Crippen MR) is 54.3 cm³/mol. The van der Waals surface area contributed by atoms with Crippen molar-refractivity contribution in [3.63, 3.8) is 0 Å². The lowest BCUT2D eigenvalue weighted by Crippen LogP contribution is -2.39. The lowest BCUT2D eigenvalue weighted by Gasteiger charge is -2.41. The van der Waals surface area contributed by atoms with Crippen LogP contribution in [-0.4, -0.2) is 17.0 Å². The summed E-state index contributed by atoms with van der Waals surface area (Å²) in [5, 5.41) is 19.8. The molecule has 4 atom stereocenters. The van der Waals surface area contributed by atoms with E-state index in [0.29, 0.717) is 31.1 Å². The number of fused-ring (bicyclic) bond motifs is 1. The molecule has 90 valence electrons. The van der Waals surface area contributed by atoms with Gasteiger partial charge in [0, 0.05) is 5.97 Å². The molecule has 0 bridgehead atoms. The van der Waals surface area contributed by atoms with Crippen LogP contribution in [-0.2, 0) is 9.59 Å². The Hall–Kier alpha value is -1.06. The van der Waals surface area contributed by atoms with Gasteiger partial charge in [0.25, 0.3) is 0 Å². The lowest BCUT2D eigenvalue weighted by molar-refractivity contribution is -0.313. The maximum absolute atomic E-state index is 10.9. The van der Waals surface area contributed by atoms with Gasteiger partial charge >= 0.3 is 5.97 Å². The molecule has 2 aliphatic rings. The Morgan fingerprint density at radius 2 is 1.44 bits per heavy atom. The molecule has 16 heavy (non-hydrogen) atoms. The average molecular weight is 225 g/mol. The van der Waals surface area contributed by atoms with E-state index in [-0.39, 0.29) is 11.8 Å². The van der Waals surface area contributed by atoms with E-state index < -0.39 is 11.9 Å². The maximum Gasteiger partial charge on any atom is 0.306 e. The highest BCUT2D eigenvalue weighted by Gasteiger charge is 2.37. The zero-order valence-electron chi connectivity index (χ0n) is 9.22. The van der Waals surface area contributed by atoms with Crippen LogP contribution in [0.1, 0.15) is 38.5 Å². The summed E-state index contributed by atoms with van der Waals surface area (Å²) in [5.74, 6) is -1.31. The van der Waals surface area contributed by atoms with Gasteiger partial charge in [-0.1, -0.05) is 0 Å². The van der Waals surface area contributed by atoms with Crippen molar-refractivity contribution in [1.29, 1.82) is 0 Å². The van der Waals surface area contributed by atoms with E-state index in [0.717, 1.165) is 19.3 Å². The molecule has 4 unspecified atom stereocenters. The van der Waals surface area contributed by atoms with Crippen molar-refractivity contribution in [2.45, 2.75) is 38.5 Å². The van der Waals surface area contributed by atoms with E-state index >= 15 is 0 Å². The lowest BCUT2D eigenvalue weighted by atomic mass is 9.65. The molecule has 0 heterocycles. The first kappa shape index (κ1) is 11.4. The molecule has 1 N–H and O–H groups in total. The van der Waals surface area contributed by atoms with Crippen molar-refractivity contribution < 1.29 is 19.8 Å². The van der Waals surface area contributed by atoms with Crippen molar-refractivity contribution in [2.24, 2.45) is 23.7 Å². The normalized spacial score (nSPS) is 38.8. The zero-order chi connectivity index (χ0) is 11.7. The van der Waals surface area contributed by atoms with Gasteiger partial charge in [-0.05, 0) is 56.3 Å². The molecule has 4 heteroatoms. The van der Waals surface area contributed by atoms with E-state index in [2.05, 4.69) is 0 Å². The Labute approximate surface area is 94.7 Å². The molecule has 0 aliphatic heterocycles. The summed E-state index contributed by atoms with van der Waals surface area (Å²) in [4.78, 5) is 21.7. The molecule has 0 spiro atoms. The Morgan fingerprint density at radius 1 is 0.938 bits per heavy atom. The Morgan fingerprint density at radius 3 is 1.94 bits per heavy atom. The third-order valence-corrected chi connectivity index (χ3v) is 4.30. The second-order valence-electron chi connectivity index (χ2n) is 5.20.